The molecule has 1 atom stereocenters. The number of rotatable bonds is 2. The molecule has 1 unspecified atom stereocenters. The van der Waals surface area contributed by atoms with Crippen molar-refractivity contribution >= 4 is 11.8 Å². The fourth-order valence-electron chi connectivity index (χ4n) is 2.20. The maximum absolute atomic E-state index is 12.2. The van der Waals surface area contributed by atoms with Gasteiger partial charge in [-0.05, 0) is 32.6 Å². The van der Waals surface area contributed by atoms with E-state index in [1.807, 2.05) is 6.92 Å². The van der Waals surface area contributed by atoms with E-state index in [1.165, 1.54) is 0 Å². The van der Waals surface area contributed by atoms with E-state index in [9.17, 15) is 9.59 Å². The molecule has 1 aliphatic heterocycles. The van der Waals surface area contributed by atoms with Gasteiger partial charge in [0.05, 0.1) is 6.54 Å². The molecule has 4 nitrogen and oxygen atoms in total. The van der Waals surface area contributed by atoms with Gasteiger partial charge in [0.2, 0.25) is 11.8 Å². The highest BCUT2D eigenvalue weighted by atomic mass is 16.2. The minimum atomic E-state index is -0.690. The number of hydrogen-bond acceptors (Lipinski definition) is 2. The predicted molar refractivity (Wildman–Crippen MR) is 59.3 cm³/mol. The van der Waals surface area contributed by atoms with Crippen molar-refractivity contribution in [1.82, 2.24) is 10.2 Å². The van der Waals surface area contributed by atoms with Gasteiger partial charge in [0.1, 0.15) is 12.1 Å². The quantitative estimate of drug-likeness (QED) is 0.673. The summed E-state index contributed by atoms with van der Waals surface area (Å²) >= 11 is 0. The van der Waals surface area contributed by atoms with Crippen molar-refractivity contribution in [3.8, 4) is 11.8 Å². The molecule has 0 aromatic rings. The first-order chi connectivity index (χ1) is 7.58. The largest absolute Gasteiger partial charge is 0.340 e. The van der Waals surface area contributed by atoms with E-state index < -0.39 is 5.54 Å². The topological polar surface area (TPSA) is 49.4 Å². The number of amides is 2. The lowest BCUT2D eigenvalue weighted by atomic mass is 9.91. The second-order valence-corrected chi connectivity index (χ2v) is 4.61. The van der Waals surface area contributed by atoms with E-state index in [1.54, 1.807) is 11.8 Å². The summed E-state index contributed by atoms with van der Waals surface area (Å²) in [4.78, 5) is 25.3. The van der Waals surface area contributed by atoms with Gasteiger partial charge in [-0.3, -0.25) is 9.59 Å². The number of piperazine rings is 1. The highest BCUT2D eigenvalue weighted by Gasteiger charge is 2.52. The van der Waals surface area contributed by atoms with Crippen LogP contribution in [0.5, 0.6) is 0 Å². The van der Waals surface area contributed by atoms with Crippen LogP contribution < -0.4 is 5.32 Å². The van der Waals surface area contributed by atoms with Crippen LogP contribution in [-0.4, -0.2) is 35.3 Å². The Bertz CT molecular complexity index is 390. The van der Waals surface area contributed by atoms with Gasteiger partial charge in [0.15, 0.2) is 0 Å². The van der Waals surface area contributed by atoms with Gasteiger partial charge < -0.3 is 10.2 Å². The second-order valence-electron chi connectivity index (χ2n) is 4.61. The fraction of sp³-hybridized carbons (Fsp3) is 0.667. The Morgan fingerprint density at radius 1 is 1.50 bits per heavy atom. The Kier molecular flexibility index (Phi) is 2.63. The molecule has 2 rings (SSSR count). The van der Waals surface area contributed by atoms with Crippen LogP contribution in [0.3, 0.4) is 0 Å². The number of nitrogens with one attached hydrogen (secondary N) is 1. The highest BCUT2D eigenvalue weighted by Crippen LogP contribution is 2.41. The molecule has 4 heteroatoms. The Balaban J connectivity index is 2.17. The summed E-state index contributed by atoms with van der Waals surface area (Å²) in [5, 5.41) is 2.83. The van der Waals surface area contributed by atoms with Crippen molar-refractivity contribution in [1.29, 1.82) is 0 Å². The molecule has 1 aliphatic carbocycles. The van der Waals surface area contributed by atoms with E-state index in [0.717, 1.165) is 12.8 Å². The van der Waals surface area contributed by atoms with Gasteiger partial charge in [0.25, 0.3) is 0 Å². The molecule has 86 valence electrons. The maximum Gasteiger partial charge on any atom is 0.249 e. The van der Waals surface area contributed by atoms with Crippen molar-refractivity contribution in [3.63, 3.8) is 0 Å². The molecule has 0 spiro atoms. The lowest BCUT2D eigenvalue weighted by Crippen LogP contribution is -2.66. The third-order valence-corrected chi connectivity index (χ3v) is 3.31. The molecule has 0 aromatic carbocycles. The molecule has 0 radical (unpaired) electrons. The minimum absolute atomic E-state index is 0.0114. The lowest BCUT2D eigenvalue weighted by Gasteiger charge is -2.39. The molecular weight excluding hydrogens is 204 g/mol. The first-order valence-electron chi connectivity index (χ1n) is 5.58. The predicted octanol–water partition coefficient (Wildman–Crippen LogP) is 0.137. The van der Waals surface area contributed by atoms with Gasteiger partial charge in [-0.2, -0.15) is 0 Å². The highest BCUT2D eigenvalue weighted by molar-refractivity contribution is 5.98. The third-order valence-electron chi connectivity index (χ3n) is 3.31. The Labute approximate surface area is 95.4 Å². The zero-order valence-corrected chi connectivity index (χ0v) is 9.67. The average molecular weight is 220 g/mol. The first kappa shape index (κ1) is 11.0. The summed E-state index contributed by atoms with van der Waals surface area (Å²) in [5.74, 6) is 5.83. The summed E-state index contributed by atoms with van der Waals surface area (Å²) in [6, 6.07) is 0. The number of nitrogens with zero attached hydrogens (tertiary/aromatic N) is 1. The standard InChI is InChI=1S/C12H16N2O2/c1-3-4-7-14-8-10(15)13-12(2,11(14)16)9-5-6-9/h9H,5-8H2,1-2H3,(H,13,15). The molecule has 2 amide bonds. The molecular formula is C12H16N2O2. The molecule has 16 heavy (non-hydrogen) atoms. The van der Waals surface area contributed by atoms with Crippen molar-refractivity contribution in [3.05, 3.63) is 0 Å². The smallest absolute Gasteiger partial charge is 0.249 e. The molecule has 1 N–H and O–H groups in total. The molecule has 1 saturated heterocycles. The van der Waals surface area contributed by atoms with E-state index >= 15 is 0 Å². The Morgan fingerprint density at radius 2 is 2.19 bits per heavy atom. The SMILES string of the molecule is CC#CCN1CC(=O)NC(C)(C2CC2)C1=O. The zero-order chi connectivity index (χ0) is 11.8. The van der Waals surface area contributed by atoms with Crippen LogP contribution in [0, 0.1) is 17.8 Å². The zero-order valence-electron chi connectivity index (χ0n) is 9.67. The van der Waals surface area contributed by atoms with Gasteiger partial charge in [-0.15, -0.1) is 5.92 Å². The number of hydrogen-bond donors (Lipinski definition) is 1. The van der Waals surface area contributed by atoms with Crippen LogP contribution in [0.1, 0.15) is 26.7 Å². The average Bonchev–Trinajstić information content (AvgIpc) is 3.05. The van der Waals surface area contributed by atoms with Crippen molar-refractivity contribution in [2.45, 2.75) is 32.2 Å². The van der Waals surface area contributed by atoms with Crippen LogP contribution in [0.4, 0.5) is 0 Å². The van der Waals surface area contributed by atoms with E-state index in [0.29, 0.717) is 12.5 Å². The summed E-state index contributed by atoms with van der Waals surface area (Å²) in [6.07, 6.45) is 2.05. The van der Waals surface area contributed by atoms with Crippen molar-refractivity contribution in [2.75, 3.05) is 13.1 Å². The van der Waals surface area contributed by atoms with Gasteiger partial charge in [-0.1, -0.05) is 5.92 Å². The molecule has 0 aromatic heterocycles. The lowest BCUT2D eigenvalue weighted by molar-refractivity contribution is -0.149. The fourth-order valence-corrected chi connectivity index (χ4v) is 2.20. The van der Waals surface area contributed by atoms with Crippen LogP contribution in [-0.2, 0) is 9.59 Å². The van der Waals surface area contributed by atoms with Gasteiger partial charge in [-0.25, -0.2) is 0 Å². The summed E-state index contributed by atoms with van der Waals surface area (Å²) in [7, 11) is 0. The molecule has 1 saturated carbocycles. The van der Waals surface area contributed by atoms with Crippen LogP contribution in [0.25, 0.3) is 0 Å². The van der Waals surface area contributed by atoms with E-state index in [4.69, 9.17) is 0 Å². The molecule has 2 aliphatic rings. The van der Waals surface area contributed by atoms with Crippen molar-refractivity contribution < 1.29 is 9.59 Å². The Hall–Kier alpha value is -1.50. The number of carbonyl (C=O) groups is 2. The summed E-state index contributed by atoms with van der Waals surface area (Å²) in [6.45, 7) is 4.05. The number of carbonyl (C=O) groups excluding carboxylic acids is 2. The van der Waals surface area contributed by atoms with Crippen LogP contribution >= 0.6 is 0 Å². The van der Waals surface area contributed by atoms with Crippen LogP contribution in [0.15, 0.2) is 0 Å². The first-order valence-corrected chi connectivity index (χ1v) is 5.58. The van der Waals surface area contributed by atoms with E-state index in [-0.39, 0.29) is 18.4 Å². The summed E-state index contributed by atoms with van der Waals surface area (Å²) in [5.41, 5.74) is -0.690. The summed E-state index contributed by atoms with van der Waals surface area (Å²) < 4.78 is 0. The molecule has 0 bridgehead atoms. The van der Waals surface area contributed by atoms with Gasteiger partial charge in [0, 0.05) is 0 Å². The molecule has 2 fully saturated rings. The minimum Gasteiger partial charge on any atom is -0.340 e. The van der Waals surface area contributed by atoms with Gasteiger partial charge >= 0.3 is 0 Å². The monoisotopic (exact) mass is 220 g/mol. The van der Waals surface area contributed by atoms with Crippen LogP contribution in [0.2, 0.25) is 0 Å². The maximum atomic E-state index is 12.2. The normalized spacial score (nSPS) is 29.5. The second kappa shape index (κ2) is 3.82. The third kappa shape index (κ3) is 1.78. The Morgan fingerprint density at radius 3 is 2.75 bits per heavy atom. The van der Waals surface area contributed by atoms with Crippen molar-refractivity contribution in [2.24, 2.45) is 5.92 Å². The molecule has 1 heterocycles. The van der Waals surface area contributed by atoms with E-state index in [2.05, 4.69) is 17.2 Å².